The Morgan fingerprint density at radius 2 is 2.09 bits per heavy atom. The number of anilines is 2. The number of aromatic nitrogens is 1. The summed E-state index contributed by atoms with van der Waals surface area (Å²) in [5.41, 5.74) is 2.39. The Bertz CT molecular complexity index is 778. The molecule has 6 nitrogen and oxygen atoms in total. The lowest BCUT2D eigenvalue weighted by atomic mass is 10.2. The molecule has 1 aromatic heterocycles. The van der Waals surface area contributed by atoms with Crippen molar-refractivity contribution >= 4 is 23.6 Å². The van der Waals surface area contributed by atoms with E-state index in [0.717, 1.165) is 17.5 Å². The maximum atomic E-state index is 13.6. The highest BCUT2D eigenvalue weighted by atomic mass is 19.1. The second-order valence-electron chi connectivity index (χ2n) is 5.20. The summed E-state index contributed by atoms with van der Waals surface area (Å²) in [6.45, 7) is 2.92. The SMILES string of the molecule is Cc1ccncc1N1CCN(c2ccc(F)c(/C=N/O)c2)C1=O. The Balaban J connectivity index is 1.90. The van der Waals surface area contributed by atoms with Crippen LogP contribution in [-0.4, -0.2) is 35.5 Å². The minimum Gasteiger partial charge on any atom is -0.411 e. The van der Waals surface area contributed by atoms with Crippen LogP contribution in [0.4, 0.5) is 20.6 Å². The maximum Gasteiger partial charge on any atom is 0.329 e. The lowest BCUT2D eigenvalue weighted by Crippen LogP contribution is -2.32. The first-order valence-electron chi connectivity index (χ1n) is 7.08. The molecule has 0 atom stereocenters. The van der Waals surface area contributed by atoms with Crippen LogP contribution in [-0.2, 0) is 0 Å². The summed E-state index contributed by atoms with van der Waals surface area (Å²) >= 11 is 0. The Labute approximate surface area is 132 Å². The van der Waals surface area contributed by atoms with Crippen molar-refractivity contribution in [2.24, 2.45) is 5.16 Å². The fraction of sp³-hybridized carbons (Fsp3) is 0.188. The Morgan fingerprint density at radius 3 is 2.83 bits per heavy atom. The van der Waals surface area contributed by atoms with Gasteiger partial charge in [0.25, 0.3) is 0 Å². The molecule has 0 unspecified atom stereocenters. The van der Waals surface area contributed by atoms with Crippen molar-refractivity contribution in [1.82, 2.24) is 4.98 Å². The molecule has 1 aliphatic rings. The molecule has 1 aromatic carbocycles. The lowest BCUT2D eigenvalue weighted by Gasteiger charge is -2.20. The number of urea groups is 1. The van der Waals surface area contributed by atoms with Crippen LogP contribution in [0.25, 0.3) is 0 Å². The fourth-order valence-electron chi connectivity index (χ4n) is 2.60. The first-order chi connectivity index (χ1) is 11.1. The van der Waals surface area contributed by atoms with Gasteiger partial charge in [0.05, 0.1) is 18.1 Å². The van der Waals surface area contributed by atoms with E-state index in [1.54, 1.807) is 22.2 Å². The molecule has 1 fully saturated rings. The molecular formula is C16H15FN4O2. The molecule has 2 aromatic rings. The van der Waals surface area contributed by atoms with Gasteiger partial charge in [0.15, 0.2) is 0 Å². The van der Waals surface area contributed by atoms with Crippen LogP contribution in [0.15, 0.2) is 41.8 Å². The van der Waals surface area contributed by atoms with E-state index in [2.05, 4.69) is 10.1 Å². The lowest BCUT2D eigenvalue weighted by molar-refractivity contribution is 0.256. The predicted octanol–water partition coefficient (Wildman–Crippen LogP) is 2.78. The molecule has 1 N–H and O–H groups in total. The van der Waals surface area contributed by atoms with Crippen LogP contribution >= 0.6 is 0 Å². The Kier molecular flexibility index (Phi) is 3.92. The van der Waals surface area contributed by atoms with Gasteiger partial charge in [-0.25, -0.2) is 9.18 Å². The standard InChI is InChI=1S/C16H15FN4O2/c1-11-4-5-18-10-15(11)21-7-6-20(16(21)22)13-2-3-14(17)12(8-13)9-19-23/h2-5,8-10,23H,6-7H2,1H3/b19-9+. The molecule has 0 bridgehead atoms. The Morgan fingerprint density at radius 1 is 1.30 bits per heavy atom. The van der Waals surface area contributed by atoms with Gasteiger partial charge in [0.1, 0.15) is 5.82 Å². The zero-order valence-corrected chi connectivity index (χ0v) is 12.5. The summed E-state index contributed by atoms with van der Waals surface area (Å²) in [6.07, 6.45) is 4.34. The molecule has 0 aliphatic carbocycles. The zero-order chi connectivity index (χ0) is 16.4. The number of carbonyl (C=O) groups excluding carboxylic acids is 1. The van der Waals surface area contributed by atoms with E-state index < -0.39 is 5.82 Å². The van der Waals surface area contributed by atoms with Gasteiger partial charge in [0, 0.05) is 30.5 Å². The van der Waals surface area contributed by atoms with E-state index in [-0.39, 0.29) is 11.6 Å². The van der Waals surface area contributed by atoms with Crippen LogP contribution in [0.3, 0.4) is 0 Å². The van der Waals surface area contributed by atoms with Gasteiger partial charge in [-0.3, -0.25) is 14.8 Å². The topological polar surface area (TPSA) is 69.0 Å². The number of pyridine rings is 1. The van der Waals surface area contributed by atoms with Gasteiger partial charge in [-0.2, -0.15) is 0 Å². The summed E-state index contributed by atoms with van der Waals surface area (Å²) in [7, 11) is 0. The monoisotopic (exact) mass is 314 g/mol. The van der Waals surface area contributed by atoms with E-state index in [9.17, 15) is 9.18 Å². The van der Waals surface area contributed by atoms with Crippen molar-refractivity contribution in [3.05, 3.63) is 53.6 Å². The summed E-state index contributed by atoms with van der Waals surface area (Å²) in [5.74, 6) is -0.516. The van der Waals surface area contributed by atoms with Crippen LogP contribution in [0.1, 0.15) is 11.1 Å². The average Bonchev–Trinajstić information content (AvgIpc) is 2.92. The number of aryl methyl sites for hydroxylation is 1. The first-order valence-corrected chi connectivity index (χ1v) is 7.08. The molecule has 1 saturated heterocycles. The number of hydrogen-bond acceptors (Lipinski definition) is 4. The van der Waals surface area contributed by atoms with Crippen molar-refractivity contribution in [2.45, 2.75) is 6.92 Å². The zero-order valence-electron chi connectivity index (χ0n) is 12.5. The van der Waals surface area contributed by atoms with Crippen molar-refractivity contribution in [3.8, 4) is 0 Å². The van der Waals surface area contributed by atoms with Gasteiger partial charge >= 0.3 is 6.03 Å². The average molecular weight is 314 g/mol. The van der Waals surface area contributed by atoms with Gasteiger partial charge < -0.3 is 5.21 Å². The number of nitrogens with zero attached hydrogens (tertiary/aromatic N) is 4. The number of amides is 2. The molecule has 23 heavy (non-hydrogen) atoms. The minimum atomic E-state index is -0.516. The maximum absolute atomic E-state index is 13.6. The molecule has 3 rings (SSSR count). The van der Waals surface area contributed by atoms with E-state index in [0.29, 0.717) is 18.8 Å². The highest BCUT2D eigenvalue weighted by molar-refractivity contribution is 6.06. The predicted molar refractivity (Wildman–Crippen MR) is 84.8 cm³/mol. The number of benzene rings is 1. The van der Waals surface area contributed by atoms with E-state index in [1.165, 1.54) is 18.2 Å². The normalized spacial score (nSPS) is 15.0. The third kappa shape index (κ3) is 2.73. The van der Waals surface area contributed by atoms with Gasteiger partial charge in [-0.1, -0.05) is 5.16 Å². The molecule has 2 heterocycles. The summed E-state index contributed by atoms with van der Waals surface area (Å²) in [4.78, 5) is 19.9. The van der Waals surface area contributed by atoms with E-state index >= 15 is 0 Å². The summed E-state index contributed by atoms with van der Waals surface area (Å²) in [5, 5.41) is 11.4. The van der Waals surface area contributed by atoms with Crippen LogP contribution < -0.4 is 9.80 Å². The fourth-order valence-corrected chi connectivity index (χ4v) is 2.60. The molecule has 118 valence electrons. The molecule has 0 saturated carbocycles. The summed E-state index contributed by atoms with van der Waals surface area (Å²) < 4.78 is 13.6. The molecule has 2 amide bonds. The Hall–Kier alpha value is -2.96. The molecule has 0 spiro atoms. The van der Waals surface area contributed by atoms with Crippen LogP contribution in [0.5, 0.6) is 0 Å². The molecule has 1 aliphatic heterocycles. The number of hydrogen-bond donors (Lipinski definition) is 1. The largest absolute Gasteiger partial charge is 0.411 e. The van der Waals surface area contributed by atoms with Crippen molar-refractivity contribution < 1.29 is 14.4 Å². The van der Waals surface area contributed by atoms with E-state index in [1.807, 2.05) is 13.0 Å². The summed E-state index contributed by atoms with van der Waals surface area (Å²) in [6, 6.07) is 5.91. The highest BCUT2D eigenvalue weighted by Gasteiger charge is 2.31. The quantitative estimate of drug-likeness (QED) is 0.538. The number of oxime groups is 1. The number of carbonyl (C=O) groups is 1. The second kappa shape index (κ2) is 6.04. The van der Waals surface area contributed by atoms with E-state index in [4.69, 9.17) is 5.21 Å². The number of halogens is 1. The smallest absolute Gasteiger partial charge is 0.329 e. The first kappa shape index (κ1) is 15.0. The number of rotatable bonds is 3. The molecule has 0 radical (unpaired) electrons. The third-order valence-corrected chi connectivity index (χ3v) is 3.80. The van der Waals surface area contributed by atoms with Crippen LogP contribution in [0, 0.1) is 12.7 Å². The minimum absolute atomic E-state index is 0.119. The third-order valence-electron chi connectivity index (χ3n) is 3.80. The van der Waals surface area contributed by atoms with Crippen molar-refractivity contribution in [1.29, 1.82) is 0 Å². The second-order valence-corrected chi connectivity index (χ2v) is 5.20. The van der Waals surface area contributed by atoms with Gasteiger partial charge in [0.2, 0.25) is 0 Å². The van der Waals surface area contributed by atoms with Crippen LogP contribution in [0.2, 0.25) is 0 Å². The van der Waals surface area contributed by atoms with Gasteiger partial charge in [-0.05, 0) is 36.8 Å². The van der Waals surface area contributed by atoms with Crippen molar-refractivity contribution in [3.63, 3.8) is 0 Å². The molecule has 7 heteroatoms. The van der Waals surface area contributed by atoms with Crippen molar-refractivity contribution in [2.75, 3.05) is 22.9 Å². The van der Waals surface area contributed by atoms with Gasteiger partial charge in [-0.15, -0.1) is 0 Å². The highest BCUT2D eigenvalue weighted by Crippen LogP contribution is 2.27. The molecular weight excluding hydrogens is 299 g/mol.